The van der Waals surface area contributed by atoms with E-state index < -0.39 is 278 Å². The van der Waals surface area contributed by atoms with E-state index in [2.05, 4.69) is 116 Å². The minimum Gasteiger partial charge on any atom is -0.508 e. The average Bonchev–Trinajstić information content (AvgIpc) is 0.833. The Hall–Kier alpha value is -12.2. The van der Waals surface area contributed by atoms with Gasteiger partial charge in [0.2, 0.25) is 94.5 Å². The largest absolute Gasteiger partial charge is 0.508 e. The van der Waals surface area contributed by atoms with Crippen molar-refractivity contribution in [2.45, 2.75) is 217 Å². The van der Waals surface area contributed by atoms with Crippen molar-refractivity contribution in [3.8, 4) is 5.75 Å². The monoisotopic (exact) mass is 1820 g/mol. The van der Waals surface area contributed by atoms with Gasteiger partial charge in [0.15, 0.2) is 11.9 Å². The van der Waals surface area contributed by atoms with Crippen molar-refractivity contribution in [2.75, 3.05) is 50.9 Å². The molecule has 46 nitrogen and oxygen atoms in total. The van der Waals surface area contributed by atoms with Crippen LogP contribution in [-0.4, -0.2) is 279 Å². The van der Waals surface area contributed by atoms with Crippen LogP contribution in [0.4, 0.5) is 0 Å². The van der Waals surface area contributed by atoms with Gasteiger partial charge in [-0.25, -0.2) is 4.79 Å². The van der Waals surface area contributed by atoms with Gasteiger partial charge in [-0.3, -0.25) is 92.3 Å². The number of phenols is 1. The number of aromatic hydroxyl groups is 1. The first kappa shape index (κ1) is 110. The van der Waals surface area contributed by atoms with E-state index in [0.717, 1.165) is 0 Å². The van der Waals surface area contributed by atoms with Gasteiger partial charge < -0.3 is 139 Å². The average molecular weight is 1820 g/mol. The molecule has 0 fully saturated rings. The van der Waals surface area contributed by atoms with E-state index in [1.807, 2.05) is 13.8 Å². The summed E-state index contributed by atoms with van der Waals surface area (Å²) < 4.78 is 0. The summed E-state index contributed by atoms with van der Waals surface area (Å²) in [5.74, 6) is -23.2. The van der Waals surface area contributed by atoms with Gasteiger partial charge >= 0.3 is 11.9 Å². The topological polar surface area (TPSA) is 765 Å². The van der Waals surface area contributed by atoms with Gasteiger partial charge in [-0.15, -0.1) is 0 Å². The lowest BCUT2D eigenvalue weighted by molar-refractivity contribution is -0.142. The number of hydrogen-bond donors (Lipinski definition) is 30. The standard InChI is InChI=1S/C78H125N23O23S2/c1-9-41(8)62(101-68(115)47(18-14-28-86-78(83)84)91-63(110)45(79)29-38(2)3)75(122)100-61(40(6)7)74(121)94-49(23-25-56(80)105)67(114)98-55(37-126)72(119)92-46(17-13-27-85-77(81)82)66(113)96-53(35-103)71(118)99-60(39(4)5)73(120)93-48(24-26-59(108)109)64(111)87-33-58(107)90-52(34-102)70(117)97-54(36-125)65(112)88-32-57(106)89-50(30-42-15-11-10-12-16-42)69(116)95-51(76(123)124)31-43-19-21-44(104)22-20-43/h10-12,15-16,19-22,38-41,45-55,60-62,102-104,125-126H,9,13-14,17-18,23-37,79H2,1-8H3,(H2,80,105)(H,87,111)(H,88,112)(H,89,106)(H,90,107)(H,91,110)(H,92,119)(H,93,120)(H,94,121)(H,95,116)(H,96,113)(H,97,117)(H,98,114)(H,99,118)(H,100,122)(H,101,115)(H,108,109)(H,123,124)(H4,81,82,85)(H4,83,84,86)/t41-,45-,46-,47-,48-,49-,50-,51-,52?,53-,54-,55-,60-,61-,62-/m0/s1. The van der Waals surface area contributed by atoms with Crippen molar-refractivity contribution in [1.29, 1.82) is 10.8 Å². The Morgan fingerprint density at radius 1 is 0.397 bits per heavy atom. The normalized spacial score (nSPS) is 14.6. The van der Waals surface area contributed by atoms with Gasteiger partial charge in [-0.2, -0.15) is 25.3 Å². The highest BCUT2D eigenvalue weighted by Gasteiger charge is 2.39. The molecule has 16 amide bonds. The zero-order chi connectivity index (χ0) is 95.2. The molecule has 0 aromatic heterocycles. The zero-order valence-electron chi connectivity index (χ0n) is 71.5. The third kappa shape index (κ3) is 41.5. The summed E-state index contributed by atoms with van der Waals surface area (Å²) in [5, 5.41) is 106. The summed E-state index contributed by atoms with van der Waals surface area (Å²) in [6.07, 6.45) is -2.25. The predicted molar refractivity (Wildman–Crippen MR) is 463 cm³/mol. The summed E-state index contributed by atoms with van der Waals surface area (Å²) in [5.41, 5.74) is 23.5. The van der Waals surface area contributed by atoms with E-state index in [-0.39, 0.29) is 75.7 Å². The summed E-state index contributed by atoms with van der Waals surface area (Å²) in [6.45, 7) is 9.01. The number of aliphatic carboxylic acids is 2. The predicted octanol–water partition coefficient (Wildman–Crippen LogP) is -7.97. The molecule has 2 aromatic rings. The molecule has 32 N–H and O–H groups in total. The SMILES string of the molecule is CC[C@H](C)[C@H](NC(=O)[C@H](CCCNC(=N)N)NC(=O)[C@@H](N)CC(C)C)C(=O)N[C@H](C(=O)N[C@@H](CCC(N)=O)C(=O)N[C@@H](CS)C(=O)N[C@@H](CCCNC(=N)N)C(=O)N[C@@H](CO)C(=O)N[C@H](C(=O)N[C@@H](CCC(=O)O)C(=O)NCC(=O)NC(CO)C(=O)N[C@@H](CS)C(=O)NCC(=O)N[C@@H](Cc1ccccc1)C(=O)N[C@@H](Cc1ccc(O)cc1)C(=O)O)C(C)C)C(C)C. The molecule has 1 unspecified atom stereocenters. The molecule has 0 spiro atoms. The first-order valence-electron chi connectivity index (χ1n) is 40.7. The number of primary amides is 1. The van der Waals surface area contributed by atoms with Crippen LogP contribution < -0.4 is 113 Å². The van der Waals surface area contributed by atoms with Crippen molar-refractivity contribution in [3.05, 3.63) is 65.7 Å². The van der Waals surface area contributed by atoms with Crippen LogP contribution in [0, 0.1) is 34.5 Å². The van der Waals surface area contributed by atoms with Crippen molar-refractivity contribution in [1.82, 2.24) is 90.4 Å². The Kier molecular flexibility index (Phi) is 50.0. The van der Waals surface area contributed by atoms with Gasteiger partial charge in [0.1, 0.15) is 84.3 Å². The number of amides is 16. The Morgan fingerprint density at radius 3 is 1.20 bits per heavy atom. The van der Waals surface area contributed by atoms with E-state index in [4.69, 9.17) is 33.8 Å². The lowest BCUT2D eigenvalue weighted by Gasteiger charge is -2.30. The molecule has 2 rings (SSSR count). The van der Waals surface area contributed by atoms with Crippen LogP contribution in [0.15, 0.2) is 54.6 Å². The maximum Gasteiger partial charge on any atom is 0.326 e. The second-order valence-electron chi connectivity index (χ2n) is 30.8. The number of carboxylic acid groups (broad SMARTS) is 2. The first-order chi connectivity index (χ1) is 59.3. The number of nitrogens with two attached hydrogens (primary N) is 4. The number of nitrogens with one attached hydrogen (secondary N) is 19. The molecule has 48 heteroatoms. The molecule has 0 radical (unpaired) electrons. The van der Waals surface area contributed by atoms with Crippen molar-refractivity contribution in [2.24, 2.45) is 46.6 Å². The summed E-state index contributed by atoms with van der Waals surface area (Å²) >= 11 is 8.34. The van der Waals surface area contributed by atoms with Gasteiger partial charge in [0.25, 0.3) is 0 Å². The van der Waals surface area contributed by atoms with Crippen LogP contribution in [0.3, 0.4) is 0 Å². The highest BCUT2D eigenvalue weighted by Crippen LogP contribution is 2.17. The third-order valence-electron chi connectivity index (χ3n) is 19.2. The smallest absolute Gasteiger partial charge is 0.326 e. The number of hydrogen-bond acceptors (Lipinski definition) is 26. The first-order valence-corrected chi connectivity index (χ1v) is 41.9. The second-order valence-corrected chi connectivity index (χ2v) is 31.5. The van der Waals surface area contributed by atoms with Crippen molar-refractivity contribution >= 4 is 144 Å². The van der Waals surface area contributed by atoms with E-state index in [1.165, 1.54) is 38.1 Å². The van der Waals surface area contributed by atoms with E-state index in [9.17, 15) is 112 Å². The number of benzene rings is 2. The Labute approximate surface area is 739 Å². The van der Waals surface area contributed by atoms with Gasteiger partial charge in [-0.05, 0) is 91.9 Å². The highest BCUT2D eigenvalue weighted by atomic mass is 32.1. The Bertz CT molecular complexity index is 4040. The van der Waals surface area contributed by atoms with Crippen LogP contribution in [0.5, 0.6) is 5.75 Å². The molecule has 0 bridgehead atoms. The van der Waals surface area contributed by atoms with E-state index in [0.29, 0.717) is 17.5 Å². The number of carboxylic acids is 2. The molecule has 2 aromatic carbocycles. The molecule has 0 aliphatic carbocycles. The van der Waals surface area contributed by atoms with Crippen molar-refractivity contribution < 1.29 is 112 Å². The van der Waals surface area contributed by atoms with Crippen LogP contribution in [-0.2, 0) is 99.1 Å². The lowest BCUT2D eigenvalue weighted by Crippen LogP contribution is -2.62. The fourth-order valence-electron chi connectivity index (χ4n) is 12.0. The van der Waals surface area contributed by atoms with Gasteiger partial charge in [0.05, 0.1) is 32.3 Å². The summed E-state index contributed by atoms with van der Waals surface area (Å²) in [4.78, 5) is 244. The number of aliphatic hydroxyl groups excluding tert-OH is 2. The van der Waals surface area contributed by atoms with Crippen LogP contribution in [0.1, 0.15) is 131 Å². The number of rotatable bonds is 59. The minimum absolute atomic E-state index is 0.0166. The zero-order valence-corrected chi connectivity index (χ0v) is 73.3. The van der Waals surface area contributed by atoms with E-state index >= 15 is 0 Å². The minimum atomic E-state index is -1.94. The molecular weight excluding hydrogens is 1690 g/mol. The molecule has 0 saturated heterocycles. The van der Waals surface area contributed by atoms with Crippen molar-refractivity contribution in [3.63, 3.8) is 0 Å². The number of guanidine groups is 2. The Morgan fingerprint density at radius 2 is 0.746 bits per heavy atom. The maximum atomic E-state index is 14.3. The maximum absolute atomic E-state index is 14.3. The van der Waals surface area contributed by atoms with Gasteiger partial charge in [0, 0.05) is 50.3 Å². The van der Waals surface area contributed by atoms with Gasteiger partial charge in [-0.1, -0.05) is 104 Å². The molecule has 0 saturated carbocycles. The number of carbonyl (C=O) groups excluding carboxylic acids is 16. The van der Waals surface area contributed by atoms with E-state index in [1.54, 1.807) is 58.0 Å². The van der Waals surface area contributed by atoms with Crippen LogP contribution >= 0.6 is 25.3 Å². The second kappa shape index (κ2) is 57.4. The molecule has 0 aliphatic rings. The fraction of sp³-hybridized carbons (Fsp3) is 0.590. The number of phenolic OH excluding ortho intramolecular Hbond substituents is 1. The number of carbonyl (C=O) groups is 18. The van der Waals surface area contributed by atoms with Crippen LogP contribution in [0.25, 0.3) is 0 Å². The molecule has 702 valence electrons. The summed E-state index contributed by atoms with van der Waals surface area (Å²) in [6, 6.07) is -7.75. The highest BCUT2D eigenvalue weighted by molar-refractivity contribution is 7.80. The Balaban J connectivity index is 2.29. The lowest BCUT2D eigenvalue weighted by atomic mass is 9.95. The molecule has 0 heterocycles. The molecule has 126 heavy (non-hydrogen) atoms. The number of thiol groups is 2. The molecular formula is C78H125N23O23S2. The quantitative estimate of drug-likeness (QED) is 0.0127. The molecule has 15 atom stereocenters. The fourth-order valence-corrected chi connectivity index (χ4v) is 12.5. The molecule has 0 aliphatic heterocycles. The summed E-state index contributed by atoms with van der Waals surface area (Å²) in [7, 11) is 0. The van der Waals surface area contributed by atoms with Crippen LogP contribution in [0.2, 0.25) is 0 Å². The third-order valence-corrected chi connectivity index (χ3v) is 20.0. The number of aliphatic hydroxyl groups is 2.